The molecule has 0 amide bonds. The average molecular weight is 385 g/mol. The number of nitrogens with zero attached hydrogens (tertiary/aromatic N) is 1. The third kappa shape index (κ3) is 5.48. The number of nitro groups is 1. The molecule has 0 saturated heterocycles. The number of hydrogen-bond acceptors (Lipinski definition) is 6. The van der Waals surface area contributed by atoms with Gasteiger partial charge in [-0.25, -0.2) is 4.79 Å². The topological polar surface area (TPSA) is 104 Å². The van der Waals surface area contributed by atoms with Gasteiger partial charge in [-0.05, 0) is 22.9 Å². The van der Waals surface area contributed by atoms with Gasteiger partial charge in [-0.2, -0.15) is 8.42 Å². The van der Waals surface area contributed by atoms with Crippen LogP contribution in [0.4, 0.5) is 5.69 Å². The Bertz CT molecular complexity index is 1050. The molecule has 7 nitrogen and oxygen atoms in total. The number of esters is 1. The van der Waals surface area contributed by atoms with Gasteiger partial charge in [0.1, 0.15) is 0 Å². The minimum absolute atomic E-state index is 0.0369. The zero-order valence-electron chi connectivity index (χ0n) is 14.2. The first-order valence-electron chi connectivity index (χ1n) is 7.66. The molecule has 0 unspecified atom stereocenters. The van der Waals surface area contributed by atoms with Gasteiger partial charge in [0.05, 0.1) is 28.5 Å². The largest absolute Gasteiger partial charge is 0.465 e. The number of nitro benzene ring substituents is 1. The summed E-state index contributed by atoms with van der Waals surface area (Å²) in [7, 11) is -1.45. The van der Waals surface area contributed by atoms with E-state index in [1.165, 1.54) is 16.8 Å². The first-order valence-corrected chi connectivity index (χ1v) is 8.79. The minimum Gasteiger partial charge on any atom is -0.465 e. The van der Waals surface area contributed by atoms with E-state index in [4.69, 9.17) is 0 Å². The molecule has 0 bridgehead atoms. The molecule has 27 heavy (non-hydrogen) atoms. The molecular formula is C19H15NO6S. The fourth-order valence-electron chi connectivity index (χ4n) is 2.30. The van der Waals surface area contributed by atoms with Crippen LogP contribution in [0, 0.1) is 10.1 Å². The van der Waals surface area contributed by atoms with E-state index in [9.17, 15) is 23.3 Å². The molecule has 8 heteroatoms. The van der Waals surface area contributed by atoms with E-state index in [1.54, 1.807) is 0 Å². The van der Waals surface area contributed by atoms with Crippen molar-refractivity contribution < 1.29 is 22.9 Å². The van der Waals surface area contributed by atoms with Crippen LogP contribution >= 0.6 is 0 Å². The van der Waals surface area contributed by atoms with Gasteiger partial charge < -0.3 is 4.74 Å². The Balaban J connectivity index is 0.000000219. The highest BCUT2D eigenvalue weighted by molar-refractivity contribution is 7.71. The number of benzene rings is 3. The van der Waals surface area contributed by atoms with E-state index in [0.717, 1.165) is 19.2 Å². The Kier molecular flexibility index (Phi) is 6.79. The van der Waals surface area contributed by atoms with Crippen molar-refractivity contribution >= 4 is 38.1 Å². The molecule has 138 valence electrons. The van der Waals surface area contributed by atoms with E-state index in [2.05, 4.69) is 53.3 Å². The van der Waals surface area contributed by atoms with E-state index < -0.39 is 26.9 Å². The van der Waals surface area contributed by atoms with Crippen molar-refractivity contribution in [1.29, 1.82) is 0 Å². The minimum atomic E-state index is -2.60. The lowest BCUT2D eigenvalue weighted by Gasteiger charge is -2.00. The van der Waals surface area contributed by atoms with Crippen molar-refractivity contribution in [2.45, 2.75) is 0 Å². The summed E-state index contributed by atoms with van der Waals surface area (Å²) in [6.07, 6.45) is 0. The monoisotopic (exact) mass is 385 g/mol. The molecule has 3 rings (SSSR count). The molecule has 0 aromatic heterocycles. The maximum atomic E-state index is 11.2. The Hall–Kier alpha value is -3.52. The van der Waals surface area contributed by atoms with E-state index in [0.29, 0.717) is 5.37 Å². The van der Waals surface area contributed by atoms with Crippen LogP contribution in [0.2, 0.25) is 0 Å². The standard InChI is InChI=1S/C10H8.C9H7NO6S/c1-2-6-10-8-4-3-7-9(10)5-1;1-16-9(11)6-2-3-8(10(12)13)7(4-6)5-17(14)15/h1-8H;2-5H,1H3. The fourth-order valence-corrected chi connectivity index (χ4v) is 2.69. The van der Waals surface area contributed by atoms with Gasteiger partial charge in [-0.15, -0.1) is 0 Å². The molecule has 3 aromatic carbocycles. The zero-order chi connectivity index (χ0) is 19.8. The van der Waals surface area contributed by atoms with Crippen LogP contribution in [0.5, 0.6) is 0 Å². The number of methoxy groups -OCH3 is 1. The Morgan fingerprint density at radius 3 is 1.93 bits per heavy atom. The smallest absolute Gasteiger partial charge is 0.337 e. The summed E-state index contributed by atoms with van der Waals surface area (Å²) >= 11 is 0. The summed E-state index contributed by atoms with van der Waals surface area (Å²) in [5.41, 5.74) is -0.539. The van der Waals surface area contributed by atoms with Crippen LogP contribution < -0.4 is 0 Å². The normalized spacial score (nSPS) is 9.67. The zero-order valence-corrected chi connectivity index (χ0v) is 15.0. The SMILES string of the molecule is COC(=O)c1ccc([N+](=O)[O-])c(C=S(=O)=O)c1.c1ccc2ccccc2c1. The molecule has 0 radical (unpaired) electrons. The number of fused-ring (bicyclic) bond motifs is 1. The number of ether oxygens (including phenoxy) is 1. The quantitative estimate of drug-likeness (QED) is 0.297. The van der Waals surface area contributed by atoms with Gasteiger partial charge in [0, 0.05) is 6.07 Å². The lowest BCUT2D eigenvalue weighted by Crippen LogP contribution is -2.03. The molecule has 0 heterocycles. The van der Waals surface area contributed by atoms with Crippen molar-refractivity contribution in [1.82, 2.24) is 0 Å². The summed E-state index contributed by atoms with van der Waals surface area (Å²) < 4.78 is 25.4. The molecule has 3 aromatic rings. The second-order valence-corrected chi connectivity index (χ2v) is 6.00. The van der Waals surface area contributed by atoms with Crippen LogP contribution in [0.1, 0.15) is 15.9 Å². The first-order chi connectivity index (χ1) is 12.9. The predicted octanol–water partition coefficient (Wildman–Crippen LogP) is 3.25. The van der Waals surface area contributed by atoms with Crippen molar-refractivity contribution in [2.75, 3.05) is 7.11 Å². The molecule has 0 saturated carbocycles. The lowest BCUT2D eigenvalue weighted by molar-refractivity contribution is -0.385. The predicted molar refractivity (Wildman–Crippen MR) is 102 cm³/mol. The van der Waals surface area contributed by atoms with E-state index >= 15 is 0 Å². The summed E-state index contributed by atoms with van der Waals surface area (Å²) in [6.45, 7) is 0. The maximum absolute atomic E-state index is 11.2. The fraction of sp³-hybridized carbons (Fsp3) is 0.0526. The highest BCUT2D eigenvalue weighted by atomic mass is 32.2. The van der Waals surface area contributed by atoms with Gasteiger partial charge in [-0.1, -0.05) is 48.5 Å². The Morgan fingerprint density at radius 2 is 1.52 bits per heavy atom. The van der Waals surface area contributed by atoms with Gasteiger partial charge in [0.25, 0.3) is 5.69 Å². The molecule has 0 aliphatic heterocycles. The van der Waals surface area contributed by atoms with Gasteiger partial charge in [-0.3, -0.25) is 10.1 Å². The summed E-state index contributed by atoms with van der Waals surface area (Å²) in [4.78, 5) is 21.1. The van der Waals surface area contributed by atoms with Crippen molar-refractivity contribution in [3.63, 3.8) is 0 Å². The molecule has 0 fully saturated rings. The lowest BCUT2D eigenvalue weighted by atomic mass is 10.1. The third-order valence-electron chi connectivity index (χ3n) is 3.53. The number of carbonyl (C=O) groups excluding carboxylic acids is 1. The van der Waals surface area contributed by atoms with Crippen LogP contribution in [0.25, 0.3) is 10.8 Å². The van der Waals surface area contributed by atoms with E-state index in [-0.39, 0.29) is 11.1 Å². The molecule has 0 spiro atoms. The maximum Gasteiger partial charge on any atom is 0.337 e. The second-order valence-electron chi connectivity index (χ2n) is 5.25. The number of carbonyl (C=O) groups is 1. The average Bonchev–Trinajstić information content (AvgIpc) is 2.67. The summed E-state index contributed by atoms with van der Waals surface area (Å²) in [6, 6.07) is 20.0. The Morgan fingerprint density at radius 1 is 1.00 bits per heavy atom. The highest BCUT2D eigenvalue weighted by Gasteiger charge is 2.16. The van der Waals surface area contributed by atoms with Gasteiger partial charge in [0.2, 0.25) is 10.3 Å². The van der Waals surface area contributed by atoms with Crippen molar-refractivity contribution in [3.8, 4) is 0 Å². The Labute approximate surface area is 156 Å². The molecular weight excluding hydrogens is 370 g/mol. The van der Waals surface area contributed by atoms with Gasteiger partial charge in [0.15, 0.2) is 0 Å². The third-order valence-corrected chi connectivity index (χ3v) is 3.97. The van der Waals surface area contributed by atoms with Crippen molar-refractivity contribution in [3.05, 3.63) is 88.0 Å². The van der Waals surface area contributed by atoms with Crippen LogP contribution in [-0.4, -0.2) is 31.8 Å². The molecule has 0 aliphatic carbocycles. The second kappa shape index (κ2) is 9.25. The van der Waals surface area contributed by atoms with Crippen LogP contribution in [0.15, 0.2) is 66.7 Å². The van der Waals surface area contributed by atoms with Gasteiger partial charge >= 0.3 is 5.97 Å². The summed E-state index contributed by atoms with van der Waals surface area (Å²) in [5.74, 6) is -0.703. The first kappa shape index (κ1) is 19.8. The van der Waals surface area contributed by atoms with Crippen LogP contribution in [-0.2, 0) is 15.0 Å². The molecule has 0 N–H and O–H groups in total. The van der Waals surface area contributed by atoms with E-state index in [1.807, 2.05) is 0 Å². The highest BCUT2D eigenvalue weighted by Crippen LogP contribution is 2.18. The molecule has 0 atom stereocenters. The number of rotatable bonds is 3. The number of hydrogen-bond donors (Lipinski definition) is 0. The molecule has 0 aliphatic rings. The summed E-state index contributed by atoms with van der Waals surface area (Å²) in [5, 5.41) is 13.9. The van der Waals surface area contributed by atoms with Crippen LogP contribution in [0.3, 0.4) is 0 Å². The van der Waals surface area contributed by atoms with Crippen molar-refractivity contribution in [2.24, 2.45) is 0 Å².